The van der Waals surface area contributed by atoms with Gasteiger partial charge in [0.25, 0.3) is 0 Å². The van der Waals surface area contributed by atoms with Crippen LogP contribution in [0.4, 0.5) is 9.59 Å². The van der Waals surface area contributed by atoms with Crippen LogP contribution in [0.25, 0.3) is 0 Å². The molecule has 0 fully saturated rings. The average Bonchev–Trinajstić information content (AvgIpc) is 3.31. The second-order valence-electron chi connectivity index (χ2n) is 8.67. The number of hydrogen-bond donors (Lipinski definition) is 2. The van der Waals surface area contributed by atoms with Crippen molar-refractivity contribution < 1.29 is 28.6 Å². The van der Waals surface area contributed by atoms with E-state index in [1.807, 2.05) is 32.9 Å². The molecule has 0 bridgehead atoms. The molecule has 2 aromatic rings. The van der Waals surface area contributed by atoms with Gasteiger partial charge in [-0.05, 0) is 81.7 Å². The third-order valence-electron chi connectivity index (χ3n) is 3.29. The van der Waals surface area contributed by atoms with Gasteiger partial charge in [-0.25, -0.2) is 14.4 Å². The predicted molar refractivity (Wildman–Crippen MR) is 141 cm³/mol. The molecule has 11 heteroatoms. The molecule has 0 unspecified atom stereocenters. The summed E-state index contributed by atoms with van der Waals surface area (Å²) in [5.41, 5.74) is -0.961. The molecule has 0 aliphatic heterocycles. The van der Waals surface area contributed by atoms with Crippen LogP contribution in [0.15, 0.2) is 28.1 Å². The highest BCUT2D eigenvalue weighted by Gasteiger charge is 2.17. The fourth-order valence-corrected chi connectivity index (χ4v) is 4.37. The highest BCUT2D eigenvalue weighted by molar-refractivity contribution is 9.11. The van der Waals surface area contributed by atoms with Gasteiger partial charge in [0.15, 0.2) is 0 Å². The summed E-state index contributed by atoms with van der Waals surface area (Å²) in [6, 6.07) is 7.36. The number of thiophene rings is 2. The Morgan fingerprint density at radius 3 is 1.65 bits per heavy atom. The maximum Gasteiger partial charge on any atom is 0.407 e. The Morgan fingerprint density at radius 2 is 1.26 bits per heavy atom. The average molecular weight is 580 g/mol. The van der Waals surface area contributed by atoms with E-state index in [-0.39, 0.29) is 19.5 Å². The second kappa shape index (κ2) is 14.3. The van der Waals surface area contributed by atoms with E-state index in [9.17, 15) is 14.4 Å². The van der Waals surface area contributed by atoms with Crippen molar-refractivity contribution in [3.63, 3.8) is 0 Å². The summed E-state index contributed by atoms with van der Waals surface area (Å²) in [5.74, 6) is -0.372. The van der Waals surface area contributed by atoms with Crippen molar-refractivity contribution in [2.45, 2.75) is 73.3 Å². The van der Waals surface area contributed by atoms with Gasteiger partial charge in [-0.1, -0.05) is 7.43 Å². The summed E-state index contributed by atoms with van der Waals surface area (Å²) in [6.07, 6.45) is -0.859. The van der Waals surface area contributed by atoms with Gasteiger partial charge in [-0.15, -0.1) is 22.7 Å². The van der Waals surface area contributed by atoms with Crippen LogP contribution in [-0.4, -0.2) is 36.5 Å². The summed E-state index contributed by atoms with van der Waals surface area (Å²) < 4.78 is 15.9. The molecule has 34 heavy (non-hydrogen) atoms. The Bertz CT molecular complexity index is 929. The first-order valence-corrected chi connectivity index (χ1v) is 12.5. The van der Waals surface area contributed by atoms with Crippen LogP contribution < -0.4 is 10.6 Å². The summed E-state index contributed by atoms with van der Waals surface area (Å²) in [7, 11) is 1.33. The van der Waals surface area contributed by atoms with Gasteiger partial charge in [0, 0.05) is 9.75 Å². The third kappa shape index (κ3) is 14.2. The molecule has 2 aromatic heterocycles. The molecular weight excluding hydrogens is 544 g/mol. The van der Waals surface area contributed by atoms with E-state index in [2.05, 4.69) is 31.3 Å². The lowest BCUT2D eigenvalue weighted by Gasteiger charge is -2.19. The topological polar surface area (TPSA) is 103 Å². The standard InChI is InChI=1S/C12H17NO4S.C10H14BrNO2S.CH4/c1-12(2,3)17-11(15)13-7-8-5-6-9(18-8)10(14)16-4;1-10(2,3)14-9(13)12-6-7-4-5-8(11)15-7;/h5-6H,7H2,1-4H3,(H,13,15);4-5H,6H2,1-3H3,(H,12,13);1H4. The monoisotopic (exact) mass is 578 g/mol. The van der Waals surface area contributed by atoms with Crippen LogP contribution in [0.3, 0.4) is 0 Å². The first kappa shape index (κ1) is 31.9. The Hall–Kier alpha value is -2.11. The molecule has 0 aromatic carbocycles. The summed E-state index contributed by atoms with van der Waals surface area (Å²) in [5, 5.41) is 5.32. The van der Waals surface area contributed by atoms with Crippen molar-refractivity contribution in [2.75, 3.05) is 7.11 Å². The van der Waals surface area contributed by atoms with E-state index in [1.54, 1.807) is 44.2 Å². The first-order chi connectivity index (χ1) is 15.2. The zero-order valence-electron chi connectivity index (χ0n) is 19.9. The number of carbonyl (C=O) groups excluding carboxylic acids is 3. The molecule has 0 spiro atoms. The van der Waals surface area contributed by atoms with Crippen molar-refractivity contribution in [3.8, 4) is 0 Å². The molecule has 0 radical (unpaired) electrons. The number of esters is 1. The van der Waals surface area contributed by atoms with E-state index in [1.165, 1.54) is 18.4 Å². The molecule has 0 saturated heterocycles. The molecular formula is C23H35BrN2O6S2. The molecule has 0 aliphatic carbocycles. The zero-order chi connectivity index (χ0) is 25.2. The summed E-state index contributed by atoms with van der Waals surface area (Å²) in [6.45, 7) is 11.8. The Labute approximate surface area is 218 Å². The number of hydrogen-bond acceptors (Lipinski definition) is 8. The van der Waals surface area contributed by atoms with Crippen molar-refractivity contribution in [3.05, 3.63) is 42.7 Å². The van der Waals surface area contributed by atoms with Gasteiger partial charge >= 0.3 is 18.2 Å². The van der Waals surface area contributed by atoms with Gasteiger partial charge in [-0.2, -0.15) is 0 Å². The SMILES string of the molecule is C.CC(C)(C)OC(=O)NCc1ccc(Br)s1.COC(=O)c1ccc(CNC(=O)OC(C)(C)C)s1. The Kier molecular flexibility index (Phi) is 13.4. The fraction of sp³-hybridized carbons (Fsp3) is 0.522. The minimum absolute atomic E-state index is 0. The van der Waals surface area contributed by atoms with Crippen LogP contribution in [0.5, 0.6) is 0 Å². The second-order valence-corrected chi connectivity index (χ2v) is 12.4. The van der Waals surface area contributed by atoms with Gasteiger partial charge in [0.1, 0.15) is 16.1 Å². The minimum Gasteiger partial charge on any atom is -0.465 e. The number of amides is 2. The van der Waals surface area contributed by atoms with E-state index < -0.39 is 17.3 Å². The third-order valence-corrected chi connectivity index (χ3v) is 5.98. The van der Waals surface area contributed by atoms with Gasteiger partial charge in [0.05, 0.1) is 24.0 Å². The zero-order valence-corrected chi connectivity index (χ0v) is 23.1. The van der Waals surface area contributed by atoms with Crippen LogP contribution in [-0.2, 0) is 27.3 Å². The van der Waals surface area contributed by atoms with E-state index in [0.717, 1.165) is 13.5 Å². The van der Waals surface area contributed by atoms with Gasteiger partial charge < -0.3 is 24.8 Å². The van der Waals surface area contributed by atoms with Crippen LogP contribution >= 0.6 is 38.6 Å². The predicted octanol–water partition coefficient (Wildman–Crippen LogP) is 6.73. The molecule has 2 heterocycles. The number of rotatable bonds is 5. The highest BCUT2D eigenvalue weighted by atomic mass is 79.9. The lowest BCUT2D eigenvalue weighted by Crippen LogP contribution is -2.31. The number of nitrogens with one attached hydrogen (secondary N) is 2. The van der Waals surface area contributed by atoms with Gasteiger partial charge in [0.2, 0.25) is 0 Å². The number of alkyl carbamates (subject to hydrolysis) is 2. The smallest absolute Gasteiger partial charge is 0.407 e. The van der Waals surface area contributed by atoms with E-state index in [4.69, 9.17) is 9.47 Å². The van der Waals surface area contributed by atoms with Crippen LogP contribution in [0.1, 0.15) is 68.4 Å². The van der Waals surface area contributed by atoms with Crippen molar-refractivity contribution >= 4 is 56.8 Å². The fourth-order valence-electron chi connectivity index (χ4n) is 2.08. The number of carbonyl (C=O) groups is 3. The Balaban J connectivity index is 0.000000632. The maximum absolute atomic E-state index is 11.4. The first-order valence-electron chi connectivity index (χ1n) is 10.0. The van der Waals surface area contributed by atoms with Crippen molar-refractivity contribution in [2.24, 2.45) is 0 Å². The summed E-state index contributed by atoms with van der Waals surface area (Å²) in [4.78, 5) is 36.4. The van der Waals surface area contributed by atoms with Crippen molar-refractivity contribution in [1.29, 1.82) is 0 Å². The van der Waals surface area contributed by atoms with E-state index >= 15 is 0 Å². The minimum atomic E-state index is -0.517. The number of halogens is 1. The molecule has 2 amide bonds. The molecule has 2 N–H and O–H groups in total. The normalized spacial score (nSPS) is 10.7. The van der Waals surface area contributed by atoms with E-state index in [0.29, 0.717) is 18.0 Å². The Morgan fingerprint density at radius 1 is 0.824 bits per heavy atom. The molecule has 0 atom stereocenters. The lowest BCUT2D eigenvalue weighted by atomic mass is 10.2. The number of ether oxygens (including phenoxy) is 3. The van der Waals surface area contributed by atoms with Crippen molar-refractivity contribution in [1.82, 2.24) is 10.6 Å². The number of methoxy groups -OCH3 is 1. The molecule has 2 rings (SSSR count). The van der Waals surface area contributed by atoms with Crippen LogP contribution in [0, 0.1) is 0 Å². The molecule has 0 saturated carbocycles. The van der Waals surface area contributed by atoms with Gasteiger partial charge in [-0.3, -0.25) is 0 Å². The maximum atomic E-state index is 11.4. The largest absolute Gasteiger partial charge is 0.465 e. The molecule has 192 valence electrons. The molecule has 0 aliphatic rings. The quantitative estimate of drug-likeness (QED) is 0.301. The summed E-state index contributed by atoms with van der Waals surface area (Å²) >= 11 is 6.24. The highest BCUT2D eigenvalue weighted by Crippen LogP contribution is 2.22. The molecule has 8 nitrogen and oxygen atoms in total. The van der Waals surface area contributed by atoms with Crippen LogP contribution in [0.2, 0.25) is 0 Å². The lowest BCUT2D eigenvalue weighted by molar-refractivity contribution is 0.0512.